The number of hydrogen-bond donors (Lipinski definition) is 4. The van der Waals surface area contributed by atoms with Crippen LogP contribution < -0.4 is 0 Å². The molecular formula is C28H42O8S2. The fraction of sp³-hybridized carbons (Fsp3) is 0.643. The molecule has 0 saturated carbocycles. The van der Waals surface area contributed by atoms with Crippen LogP contribution in [0.5, 0.6) is 0 Å². The van der Waals surface area contributed by atoms with E-state index in [1.54, 1.807) is 17.8 Å². The Balaban J connectivity index is 2.51. The highest BCUT2D eigenvalue weighted by Gasteiger charge is 2.22. The van der Waals surface area contributed by atoms with Crippen LogP contribution in [0.3, 0.4) is 0 Å². The lowest BCUT2D eigenvalue weighted by atomic mass is 9.91. The van der Waals surface area contributed by atoms with Gasteiger partial charge >= 0.3 is 23.9 Å². The average Bonchev–Trinajstić information content (AvgIpc) is 2.85. The van der Waals surface area contributed by atoms with E-state index in [-0.39, 0.29) is 24.0 Å². The number of benzene rings is 1. The molecule has 38 heavy (non-hydrogen) atoms. The van der Waals surface area contributed by atoms with Crippen LogP contribution in [0.4, 0.5) is 0 Å². The fourth-order valence-electron chi connectivity index (χ4n) is 4.22. The molecule has 214 valence electrons. The SMILES string of the molecule is O=C(O)CCCCCCSCCCc1ccc(C(=O)O)c(C(=O)O)c1CCCSCCCCCCC(=O)O. The third-order valence-electron chi connectivity index (χ3n) is 6.16. The molecule has 0 saturated heterocycles. The number of hydrogen-bond acceptors (Lipinski definition) is 6. The molecule has 8 nitrogen and oxygen atoms in total. The van der Waals surface area contributed by atoms with Crippen molar-refractivity contribution in [1.82, 2.24) is 0 Å². The van der Waals surface area contributed by atoms with Crippen LogP contribution >= 0.6 is 23.5 Å². The second-order valence-electron chi connectivity index (χ2n) is 9.28. The van der Waals surface area contributed by atoms with Crippen molar-refractivity contribution in [2.24, 2.45) is 0 Å². The first-order chi connectivity index (χ1) is 18.2. The molecule has 0 spiro atoms. The van der Waals surface area contributed by atoms with Crippen molar-refractivity contribution >= 4 is 47.4 Å². The van der Waals surface area contributed by atoms with Crippen LogP contribution in [-0.4, -0.2) is 67.3 Å². The molecule has 0 aliphatic heterocycles. The molecule has 0 aliphatic carbocycles. The second kappa shape index (κ2) is 20.7. The molecule has 1 aromatic rings. The van der Waals surface area contributed by atoms with Crippen molar-refractivity contribution in [1.29, 1.82) is 0 Å². The highest BCUT2D eigenvalue weighted by Crippen LogP contribution is 2.25. The Morgan fingerprint density at radius 2 is 1.03 bits per heavy atom. The molecule has 0 amide bonds. The van der Waals surface area contributed by atoms with Gasteiger partial charge in [0.2, 0.25) is 0 Å². The molecule has 0 heterocycles. The third kappa shape index (κ3) is 15.3. The largest absolute Gasteiger partial charge is 0.481 e. The third-order valence-corrected chi connectivity index (χ3v) is 8.47. The Kier molecular flexibility index (Phi) is 18.4. The van der Waals surface area contributed by atoms with Crippen molar-refractivity contribution in [3.63, 3.8) is 0 Å². The molecule has 4 N–H and O–H groups in total. The molecule has 0 atom stereocenters. The summed E-state index contributed by atoms with van der Waals surface area (Å²) in [5.41, 5.74) is 1.29. The van der Waals surface area contributed by atoms with Crippen LogP contribution in [0.1, 0.15) is 109 Å². The van der Waals surface area contributed by atoms with Gasteiger partial charge in [-0.25, -0.2) is 9.59 Å². The predicted octanol–water partition coefficient (Wildman–Crippen LogP) is 6.48. The Bertz CT molecular complexity index is 888. The molecule has 0 aromatic heterocycles. The first-order valence-corrected chi connectivity index (χ1v) is 15.7. The van der Waals surface area contributed by atoms with Crippen molar-refractivity contribution in [2.75, 3.05) is 23.0 Å². The first kappa shape index (κ1) is 33.8. The van der Waals surface area contributed by atoms with Gasteiger partial charge in [-0.3, -0.25) is 9.59 Å². The topological polar surface area (TPSA) is 149 Å². The number of thioether (sulfide) groups is 2. The Labute approximate surface area is 234 Å². The van der Waals surface area contributed by atoms with E-state index in [9.17, 15) is 29.4 Å². The van der Waals surface area contributed by atoms with E-state index in [0.29, 0.717) is 31.2 Å². The quantitative estimate of drug-likeness (QED) is 0.102. The molecule has 0 aliphatic rings. The lowest BCUT2D eigenvalue weighted by molar-refractivity contribution is -0.138. The maximum absolute atomic E-state index is 12.0. The summed E-state index contributed by atoms with van der Waals surface area (Å²) in [4.78, 5) is 44.8. The lowest BCUT2D eigenvalue weighted by Gasteiger charge is -2.15. The second-order valence-corrected chi connectivity index (χ2v) is 11.7. The van der Waals surface area contributed by atoms with Crippen molar-refractivity contribution in [3.8, 4) is 0 Å². The van der Waals surface area contributed by atoms with Gasteiger partial charge in [0.05, 0.1) is 11.1 Å². The normalized spacial score (nSPS) is 10.9. The highest BCUT2D eigenvalue weighted by atomic mass is 32.2. The highest BCUT2D eigenvalue weighted by molar-refractivity contribution is 7.99. The number of carbonyl (C=O) groups is 4. The number of unbranched alkanes of at least 4 members (excludes halogenated alkanes) is 6. The first-order valence-electron chi connectivity index (χ1n) is 13.4. The van der Waals surface area contributed by atoms with Gasteiger partial charge in [0.1, 0.15) is 0 Å². The number of aromatic carboxylic acids is 2. The Morgan fingerprint density at radius 3 is 1.50 bits per heavy atom. The number of aryl methyl sites for hydroxylation is 1. The lowest BCUT2D eigenvalue weighted by Crippen LogP contribution is -2.14. The van der Waals surface area contributed by atoms with E-state index in [4.69, 9.17) is 10.2 Å². The van der Waals surface area contributed by atoms with Crippen LogP contribution in [0.2, 0.25) is 0 Å². The van der Waals surface area contributed by atoms with Crippen molar-refractivity contribution in [3.05, 3.63) is 34.4 Å². The minimum Gasteiger partial charge on any atom is -0.481 e. The van der Waals surface area contributed by atoms with Crippen LogP contribution in [0.25, 0.3) is 0 Å². The van der Waals surface area contributed by atoms with Gasteiger partial charge in [-0.05, 0) is 91.6 Å². The van der Waals surface area contributed by atoms with Gasteiger partial charge in [0.25, 0.3) is 0 Å². The minimum absolute atomic E-state index is 0.0903. The van der Waals surface area contributed by atoms with E-state index in [1.165, 1.54) is 6.07 Å². The van der Waals surface area contributed by atoms with Crippen LogP contribution in [0.15, 0.2) is 12.1 Å². The smallest absolute Gasteiger partial charge is 0.336 e. The summed E-state index contributed by atoms with van der Waals surface area (Å²) in [5.74, 6) is -0.176. The monoisotopic (exact) mass is 570 g/mol. The van der Waals surface area contributed by atoms with Gasteiger partial charge < -0.3 is 20.4 Å². The van der Waals surface area contributed by atoms with Gasteiger partial charge in [0, 0.05) is 12.8 Å². The van der Waals surface area contributed by atoms with Gasteiger partial charge in [-0.15, -0.1) is 0 Å². The summed E-state index contributed by atoms with van der Waals surface area (Å²) in [6, 6.07) is 3.18. The number of carboxylic acids is 4. The van der Waals surface area contributed by atoms with Gasteiger partial charge in [-0.1, -0.05) is 31.7 Å². The molecule has 1 aromatic carbocycles. The van der Waals surface area contributed by atoms with Crippen LogP contribution in [-0.2, 0) is 22.4 Å². The summed E-state index contributed by atoms with van der Waals surface area (Å²) in [7, 11) is 0. The van der Waals surface area contributed by atoms with E-state index in [1.807, 2.05) is 11.8 Å². The summed E-state index contributed by atoms with van der Waals surface area (Å²) in [6.45, 7) is 0. The molecule has 10 heteroatoms. The van der Waals surface area contributed by atoms with E-state index >= 15 is 0 Å². The zero-order valence-corrected chi connectivity index (χ0v) is 23.8. The number of carboxylic acid groups (broad SMARTS) is 4. The summed E-state index contributed by atoms with van der Waals surface area (Å²) in [5, 5.41) is 36.7. The summed E-state index contributed by atoms with van der Waals surface area (Å²) >= 11 is 3.63. The maximum atomic E-state index is 12.0. The van der Waals surface area contributed by atoms with Gasteiger partial charge in [-0.2, -0.15) is 23.5 Å². The Morgan fingerprint density at radius 1 is 0.553 bits per heavy atom. The van der Waals surface area contributed by atoms with Gasteiger partial charge in [0.15, 0.2) is 0 Å². The summed E-state index contributed by atoms with van der Waals surface area (Å²) < 4.78 is 0. The predicted molar refractivity (Wildman–Crippen MR) is 153 cm³/mol. The standard InChI is InChI=1S/C28H42O8S2/c29-24(30)13-5-1-3-7-17-37-19-9-11-21-15-16-23(27(33)34)26(28(35)36)22(21)12-10-20-38-18-8-4-2-6-14-25(31)32/h15-16H,1-14,17-20H2,(H,29,30)(H,31,32)(H,33,34)(H,35,36). The molecule has 0 unspecified atom stereocenters. The Hall–Kier alpha value is -2.20. The minimum atomic E-state index is -1.23. The molecular weight excluding hydrogens is 528 g/mol. The zero-order valence-electron chi connectivity index (χ0n) is 22.1. The molecule has 0 fully saturated rings. The maximum Gasteiger partial charge on any atom is 0.336 e. The molecule has 0 radical (unpaired) electrons. The van der Waals surface area contributed by atoms with E-state index in [0.717, 1.165) is 79.9 Å². The number of rotatable bonds is 24. The van der Waals surface area contributed by atoms with E-state index < -0.39 is 23.9 Å². The van der Waals surface area contributed by atoms with Crippen molar-refractivity contribution < 1.29 is 39.6 Å². The van der Waals surface area contributed by atoms with E-state index in [2.05, 4.69) is 0 Å². The number of aliphatic carboxylic acids is 2. The molecule has 0 bridgehead atoms. The zero-order chi connectivity index (χ0) is 28.2. The van der Waals surface area contributed by atoms with Crippen molar-refractivity contribution in [2.45, 2.75) is 89.9 Å². The average molecular weight is 571 g/mol. The summed E-state index contributed by atoms with van der Waals surface area (Å²) in [6.07, 6.45) is 10.6. The molecule has 1 rings (SSSR count). The van der Waals surface area contributed by atoms with Crippen LogP contribution in [0, 0.1) is 0 Å². The fourth-order valence-corrected chi connectivity index (χ4v) is 6.14.